The Balaban J connectivity index is 4.60. The number of halogens is 4. The van der Waals surface area contributed by atoms with E-state index in [2.05, 4.69) is 0 Å². The van der Waals surface area contributed by atoms with Gasteiger partial charge in [-0.15, -0.1) is 0 Å². The van der Waals surface area contributed by atoms with Crippen molar-refractivity contribution in [2.24, 2.45) is 0 Å². The number of methoxy groups -OCH3 is 3. The molecule has 0 N–H and O–H groups in total. The van der Waals surface area contributed by atoms with Gasteiger partial charge < -0.3 is 0 Å². The first-order valence-corrected chi connectivity index (χ1v) is 9.19. The summed E-state index contributed by atoms with van der Waals surface area (Å²) in [5.41, 5.74) is 0. The van der Waals surface area contributed by atoms with Gasteiger partial charge in [0.05, 0.1) is 0 Å². The van der Waals surface area contributed by atoms with E-state index in [0.717, 1.165) is 0 Å². The normalized spacial score (nSPS) is 14.6. The second-order valence-corrected chi connectivity index (χ2v) is 9.61. The van der Waals surface area contributed by atoms with Crippen LogP contribution >= 0.6 is 7.26 Å². The van der Waals surface area contributed by atoms with Crippen LogP contribution in [0.1, 0.15) is 19.8 Å². The van der Waals surface area contributed by atoms with Crippen molar-refractivity contribution in [1.82, 2.24) is 0 Å². The SMILES string of the molecule is COC[PH](CCCC(F)(F)C(C)(F)F)(COC)COC. The zero-order chi connectivity index (χ0) is 15.9. The third-order valence-corrected chi connectivity index (χ3v) is 7.31. The maximum absolute atomic E-state index is 13.2. The van der Waals surface area contributed by atoms with Gasteiger partial charge in [-0.05, 0) is 0 Å². The molecule has 20 heavy (non-hydrogen) atoms. The average Bonchev–Trinajstić information content (AvgIpc) is 2.28. The summed E-state index contributed by atoms with van der Waals surface area (Å²) < 4.78 is 67.4. The van der Waals surface area contributed by atoms with Crippen LogP contribution in [-0.4, -0.2) is 58.4 Å². The van der Waals surface area contributed by atoms with Crippen LogP contribution in [-0.2, 0) is 14.2 Å². The number of hydrogen-bond donors (Lipinski definition) is 0. The molecule has 0 radical (unpaired) electrons. The van der Waals surface area contributed by atoms with Crippen molar-refractivity contribution in [2.75, 3.05) is 46.5 Å². The van der Waals surface area contributed by atoms with E-state index < -0.39 is 25.5 Å². The first-order chi connectivity index (χ1) is 9.14. The molecule has 0 atom stereocenters. The van der Waals surface area contributed by atoms with Gasteiger partial charge in [0.2, 0.25) is 0 Å². The first-order valence-electron chi connectivity index (χ1n) is 6.36. The molecule has 0 rings (SSSR count). The van der Waals surface area contributed by atoms with Crippen LogP contribution in [0.3, 0.4) is 0 Å². The predicted octanol–water partition coefficient (Wildman–Crippen LogP) is 3.62. The van der Waals surface area contributed by atoms with E-state index in [1.54, 1.807) is 0 Å². The fraction of sp³-hybridized carbons (Fsp3) is 1.00. The Morgan fingerprint density at radius 1 is 0.850 bits per heavy atom. The molecule has 8 heteroatoms. The number of rotatable bonds is 11. The van der Waals surface area contributed by atoms with Crippen molar-refractivity contribution in [3.05, 3.63) is 0 Å². The van der Waals surface area contributed by atoms with Crippen molar-refractivity contribution in [3.8, 4) is 0 Å². The number of ether oxygens (including phenoxy) is 3. The molecule has 0 aliphatic heterocycles. The molecular formula is C12H25F4O3P. The van der Waals surface area contributed by atoms with Crippen molar-refractivity contribution in [2.45, 2.75) is 31.6 Å². The summed E-state index contributed by atoms with van der Waals surface area (Å²) in [5, 5.41) is 0. The fourth-order valence-corrected chi connectivity index (χ4v) is 5.61. The van der Waals surface area contributed by atoms with E-state index in [0.29, 0.717) is 25.2 Å². The van der Waals surface area contributed by atoms with E-state index in [-0.39, 0.29) is 13.3 Å². The Labute approximate surface area is 118 Å². The number of alkyl halides is 4. The van der Waals surface area contributed by atoms with Crippen LogP contribution < -0.4 is 0 Å². The van der Waals surface area contributed by atoms with Gasteiger partial charge in [-0.1, -0.05) is 0 Å². The monoisotopic (exact) mass is 324 g/mol. The molecule has 0 spiro atoms. The Bertz CT molecular complexity index is 255. The molecule has 0 amide bonds. The quantitative estimate of drug-likeness (QED) is 0.429. The van der Waals surface area contributed by atoms with Gasteiger partial charge in [0.15, 0.2) is 0 Å². The van der Waals surface area contributed by atoms with Crippen LogP contribution in [0.15, 0.2) is 0 Å². The van der Waals surface area contributed by atoms with Crippen LogP contribution in [0.4, 0.5) is 17.6 Å². The third-order valence-electron chi connectivity index (χ3n) is 3.19. The summed E-state index contributed by atoms with van der Waals surface area (Å²) in [6, 6.07) is 0. The van der Waals surface area contributed by atoms with Crippen LogP contribution in [0, 0.1) is 0 Å². The van der Waals surface area contributed by atoms with E-state index in [1.807, 2.05) is 0 Å². The zero-order valence-electron chi connectivity index (χ0n) is 12.5. The Kier molecular flexibility index (Phi) is 8.48. The summed E-state index contributed by atoms with van der Waals surface area (Å²) in [4.78, 5) is 0. The van der Waals surface area contributed by atoms with E-state index in [9.17, 15) is 17.6 Å². The second kappa shape index (κ2) is 8.47. The zero-order valence-corrected chi connectivity index (χ0v) is 13.5. The number of hydrogen-bond acceptors (Lipinski definition) is 3. The summed E-state index contributed by atoms with van der Waals surface area (Å²) in [6.07, 6.45) is 0.726. The van der Waals surface area contributed by atoms with Gasteiger partial charge in [0, 0.05) is 0 Å². The summed E-state index contributed by atoms with van der Waals surface area (Å²) >= 11 is 0. The van der Waals surface area contributed by atoms with Crippen molar-refractivity contribution < 1.29 is 31.8 Å². The molecule has 0 aliphatic carbocycles. The van der Waals surface area contributed by atoms with E-state index >= 15 is 0 Å². The average molecular weight is 324 g/mol. The molecule has 0 aromatic carbocycles. The molecule has 0 fully saturated rings. The molecule has 0 aromatic rings. The van der Waals surface area contributed by atoms with E-state index in [4.69, 9.17) is 14.2 Å². The van der Waals surface area contributed by atoms with Gasteiger partial charge >= 0.3 is 117 Å². The van der Waals surface area contributed by atoms with Crippen LogP contribution in [0.25, 0.3) is 0 Å². The van der Waals surface area contributed by atoms with Crippen LogP contribution in [0.2, 0.25) is 0 Å². The first kappa shape index (κ1) is 20.0. The Morgan fingerprint density at radius 2 is 1.25 bits per heavy atom. The maximum atomic E-state index is 13.2. The van der Waals surface area contributed by atoms with E-state index in [1.165, 1.54) is 21.3 Å². The molecule has 0 saturated carbocycles. The molecule has 0 heterocycles. The molecule has 0 bridgehead atoms. The van der Waals surface area contributed by atoms with Gasteiger partial charge in [-0.3, -0.25) is 0 Å². The molecule has 3 nitrogen and oxygen atoms in total. The van der Waals surface area contributed by atoms with Crippen molar-refractivity contribution in [1.29, 1.82) is 0 Å². The molecule has 0 unspecified atom stereocenters. The Morgan fingerprint density at radius 3 is 1.55 bits per heavy atom. The topological polar surface area (TPSA) is 27.7 Å². The summed E-state index contributed by atoms with van der Waals surface area (Å²) in [6.45, 7) is 0.247. The molecular weight excluding hydrogens is 299 g/mol. The van der Waals surface area contributed by atoms with Gasteiger partial charge in [0.1, 0.15) is 0 Å². The van der Waals surface area contributed by atoms with Crippen LogP contribution in [0.5, 0.6) is 0 Å². The minimum atomic E-state index is -4.00. The minimum absolute atomic E-state index is 0.00126. The predicted molar refractivity (Wildman–Crippen MR) is 73.6 cm³/mol. The third kappa shape index (κ3) is 6.20. The standard InChI is InChI=1S/C12H25F4O3P/c1-11(13,14)12(15,16)6-5-7-20(8-17-2,9-18-3)10-19-4/h20H,5-10H2,1-4H3. The second-order valence-electron chi connectivity index (χ2n) is 5.25. The Hall–Kier alpha value is 0.0300. The van der Waals surface area contributed by atoms with Crippen molar-refractivity contribution in [3.63, 3.8) is 0 Å². The van der Waals surface area contributed by atoms with Crippen molar-refractivity contribution >= 4 is 7.26 Å². The van der Waals surface area contributed by atoms with Gasteiger partial charge in [-0.2, -0.15) is 0 Å². The van der Waals surface area contributed by atoms with Gasteiger partial charge in [0.25, 0.3) is 0 Å². The fourth-order valence-electron chi connectivity index (χ4n) is 2.16. The molecule has 124 valence electrons. The van der Waals surface area contributed by atoms with Gasteiger partial charge in [-0.25, -0.2) is 0 Å². The molecule has 0 aliphatic rings. The summed E-state index contributed by atoms with van der Waals surface area (Å²) in [5.74, 6) is -7.98. The molecule has 0 saturated heterocycles. The summed E-state index contributed by atoms with van der Waals surface area (Å²) in [7, 11) is 2.35. The molecule has 0 aromatic heterocycles.